The van der Waals surface area contributed by atoms with Gasteiger partial charge in [0, 0.05) is 13.5 Å². The lowest BCUT2D eigenvalue weighted by Crippen LogP contribution is -2.26. The highest BCUT2D eigenvalue weighted by Gasteiger charge is 2.14. The topological polar surface area (TPSA) is 29.1 Å². The Morgan fingerprint density at radius 1 is 1.60 bits per heavy atom. The molecule has 0 heterocycles. The second-order valence-electron chi connectivity index (χ2n) is 2.95. The second kappa shape index (κ2) is 3.54. The van der Waals surface area contributed by atoms with Crippen molar-refractivity contribution in [1.82, 2.24) is 5.32 Å². The number of alkyl halides is 1. The number of amides is 1. The van der Waals surface area contributed by atoms with Gasteiger partial charge in [-0.3, -0.25) is 4.79 Å². The van der Waals surface area contributed by atoms with Gasteiger partial charge in [0.15, 0.2) is 0 Å². The Labute approximate surface area is 60.8 Å². The maximum absolute atomic E-state index is 12.7. The molecule has 60 valence electrons. The SMILES string of the molecule is CC(=O)NCCC(C)(C)F. The van der Waals surface area contributed by atoms with E-state index in [0.717, 1.165) is 0 Å². The molecule has 0 aliphatic rings. The fourth-order valence-corrected chi connectivity index (χ4v) is 0.536. The molecule has 0 atom stereocenters. The highest BCUT2D eigenvalue weighted by molar-refractivity contribution is 5.72. The van der Waals surface area contributed by atoms with Gasteiger partial charge in [-0.1, -0.05) is 0 Å². The van der Waals surface area contributed by atoms with Crippen LogP contribution in [0.4, 0.5) is 4.39 Å². The zero-order chi connectivity index (χ0) is 8.20. The molecular formula is C7H14FNO. The van der Waals surface area contributed by atoms with E-state index in [2.05, 4.69) is 5.32 Å². The van der Waals surface area contributed by atoms with Crippen LogP contribution in [0.3, 0.4) is 0 Å². The van der Waals surface area contributed by atoms with Gasteiger partial charge in [0.1, 0.15) is 5.67 Å². The fourth-order valence-electron chi connectivity index (χ4n) is 0.536. The minimum Gasteiger partial charge on any atom is -0.356 e. The van der Waals surface area contributed by atoms with E-state index in [4.69, 9.17) is 0 Å². The number of halogens is 1. The molecule has 0 rings (SSSR count). The first kappa shape index (κ1) is 9.40. The van der Waals surface area contributed by atoms with Gasteiger partial charge in [0.25, 0.3) is 0 Å². The molecule has 0 saturated heterocycles. The van der Waals surface area contributed by atoms with Crippen LogP contribution < -0.4 is 5.32 Å². The molecule has 0 radical (unpaired) electrons. The molecule has 1 N–H and O–H groups in total. The van der Waals surface area contributed by atoms with Gasteiger partial charge >= 0.3 is 0 Å². The number of carbonyl (C=O) groups excluding carboxylic acids is 1. The Balaban J connectivity index is 3.29. The number of rotatable bonds is 3. The summed E-state index contributed by atoms with van der Waals surface area (Å²) >= 11 is 0. The fraction of sp³-hybridized carbons (Fsp3) is 0.857. The number of hydrogen-bond donors (Lipinski definition) is 1. The van der Waals surface area contributed by atoms with Gasteiger partial charge in [-0.2, -0.15) is 0 Å². The highest BCUT2D eigenvalue weighted by atomic mass is 19.1. The number of nitrogens with one attached hydrogen (secondary N) is 1. The predicted molar refractivity (Wildman–Crippen MR) is 38.5 cm³/mol. The average Bonchev–Trinajstić information content (AvgIpc) is 1.59. The minimum absolute atomic E-state index is 0.107. The normalized spacial score (nSPS) is 11.2. The largest absolute Gasteiger partial charge is 0.356 e. The zero-order valence-corrected chi connectivity index (χ0v) is 6.70. The maximum atomic E-state index is 12.7. The highest BCUT2D eigenvalue weighted by Crippen LogP contribution is 2.11. The van der Waals surface area contributed by atoms with Gasteiger partial charge in [0.05, 0.1) is 0 Å². The Kier molecular flexibility index (Phi) is 3.33. The molecule has 0 fully saturated rings. The van der Waals surface area contributed by atoms with Crippen LogP contribution in [0.1, 0.15) is 27.2 Å². The lowest BCUT2D eigenvalue weighted by atomic mass is 10.1. The summed E-state index contributed by atoms with van der Waals surface area (Å²) in [7, 11) is 0. The molecule has 3 heteroatoms. The van der Waals surface area contributed by atoms with Crippen LogP contribution in [0.5, 0.6) is 0 Å². The van der Waals surface area contributed by atoms with Crippen LogP contribution in [0.25, 0.3) is 0 Å². The first-order valence-electron chi connectivity index (χ1n) is 3.35. The van der Waals surface area contributed by atoms with E-state index < -0.39 is 5.67 Å². The zero-order valence-electron chi connectivity index (χ0n) is 6.70. The molecule has 1 amide bonds. The maximum Gasteiger partial charge on any atom is 0.216 e. The first-order valence-corrected chi connectivity index (χ1v) is 3.35. The minimum atomic E-state index is -1.18. The molecular weight excluding hydrogens is 133 g/mol. The van der Waals surface area contributed by atoms with Crippen molar-refractivity contribution in [2.45, 2.75) is 32.9 Å². The molecule has 0 bridgehead atoms. The molecule has 0 aliphatic carbocycles. The quantitative estimate of drug-likeness (QED) is 0.639. The van der Waals surface area contributed by atoms with Crippen molar-refractivity contribution in [1.29, 1.82) is 0 Å². The summed E-state index contributed by atoms with van der Waals surface area (Å²) in [5.74, 6) is -0.107. The Hall–Kier alpha value is -0.600. The van der Waals surface area contributed by atoms with Crippen molar-refractivity contribution < 1.29 is 9.18 Å². The molecule has 0 aromatic carbocycles. The van der Waals surface area contributed by atoms with E-state index in [-0.39, 0.29) is 5.91 Å². The molecule has 2 nitrogen and oxygen atoms in total. The Morgan fingerprint density at radius 2 is 2.10 bits per heavy atom. The van der Waals surface area contributed by atoms with Crippen molar-refractivity contribution in [3.8, 4) is 0 Å². The second-order valence-corrected chi connectivity index (χ2v) is 2.95. The predicted octanol–water partition coefficient (Wildman–Crippen LogP) is 1.26. The third-order valence-electron chi connectivity index (χ3n) is 1.09. The molecule has 0 spiro atoms. The van der Waals surface area contributed by atoms with E-state index in [1.54, 1.807) is 0 Å². The van der Waals surface area contributed by atoms with Crippen molar-refractivity contribution in [3.05, 3.63) is 0 Å². The first-order chi connectivity index (χ1) is 4.42. The van der Waals surface area contributed by atoms with E-state index in [0.29, 0.717) is 13.0 Å². The van der Waals surface area contributed by atoms with Crippen molar-refractivity contribution in [3.63, 3.8) is 0 Å². The summed E-state index contributed by atoms with van der Waals surface area (Å²) in [6, 6.07) is 0. The summed E-state index contributed by atoms with van der Waals surface area (Å²) in [6.07, 6.45) is 0.368. The van der Waals surface area contributed by atoms with Crippen LogP contribution in [0.2, 0.25) is 0 Å². The van der Waals surface area contributed by atoms with Crippen molar-refractivity contribution in [2.75, 3.05) is 6.54 Å². The van der Waals surface area contributed by atoms with E-state index >= 15 is 0 Å². The lowest BCUT2D eigenvalue weighted by molar-refractivity contribution is -0.119. The van der Waals surface area contributed by atoms with Crippen molar-refractivity contribution >= 4 is 5.91 Å². The molecule has 0 aromatic rings. The average molecular weight is 147 g/mol. The molecule has 10 heavy (non-hydrogen) atoms. The van der Waals surface area contributed by atoms with Gasteiger partial charge in [-0.05, 0) is 20.3 Å². The monoisotopic (exact) mass is 147 g/mol. The molecule has 0 aliphatic heterocycles. The third-order valence-corrected chi connectivity index (χ3v) is 1.09. The summed E-state index contributed by atoms with van der Waals surface area (Å²) in [5, 5.41) is 2.52. The molecule has 0 aromatic heterocycles. The van der Waals surface area contributed by atoms with Crippen LogP contribution >= 0.6 is 0 Å². The van der Waals surface area contributed by atoms with Crippen LogP contribution in [0.15, 0.2) is 0 Å². The Morgan fingerprint density at radius 3 is 2.40 bits per heavy atom. The van der Waals surface area contributed by atoms with E-state index in [9.17, 15) is 9.18 Å². The lowest BCUT2D eigenvalue weighted by Gasteiger charge is -2.12. The van der Waals surface area contributed by atoms with Crippen LogP contribution in [0, 0.1) is 0 Å². The summed E-state index contributed by atoms with van der Waals surface area (Å²) in [6.45, 7) is 4.83. The molecule has 0 saturated carbocycles. The third kappa shape index (κ3) is 7.40. The smallest absolute Gasteiger partial charge is 0.216 e. The Bertz CT molecular complexity index is 117. The van der Waals surface area contributed by atoms with E-state index in [1.807, 2.05) is 0 Å². The standard InChI is InChI=1S/C7H14FNO/c1-6(10)9-5-4-7(2,3)8/h4-5H2,1-3H3,(H,9,10). The van der Waals surface area contributed by atoms with Crippen molar-refractivity contribution in [2.24, 2.45) is 0 Å². The number of carbonyl (C=O) groups is 1. The van der Waals surface area contributed by atoms with E-state index in [1.165, 1.54) is 20.8 Å². The summed E-state index contributed by atoms with van der Waals surface area (Å²) < 4.78 is 12.7. The van der Waals surface area contributed by atoms with Crippen LogP contribution in [-0.4, -0.2) is 18.1 Å². The van der Waals surface area contributed by atoms with Gasteiger partial charge in [-0.15, -0.1) is 0 Å². The summed E-state index contributed by atoms with van der Waals surface area (Å²) in [5.41, 5.74) is -1.18. The summed E-state index contributed by atoms with van der Waals surface area (Å²) in [4.78, 5) is 10.3. The van der Waals surface area contributed by atoms with Gasteiger partial charge in [0.2, 0.25) is 5.91 Å². The van der Waals surface area contributed by atoms with Crippen LogP contribution in [-0.2, 0) is 4.79 Å². The van der Waals surface area contributed by atoms with Gasteiger partial charge < -0.3 is 5.32 Å². The van der Waals surface area contributed by atoms with Gasteiger partial charge in [-0.25, -0.2) is 4.39 Å². The molecule has 0 unspecified atom stereocenters. The number of hydrogen-bond acceptors (Lipinski definition) is 1.